The van der Waals surface area contributed by atoms with E-state index in [1.165, 1.54) is 37.3 Å². The molecule has 0 aliphatic heterocycles. The van der Waals surface area contributed by atoms with Crippen LogP contribution in [0.5, 0.6) is 11.5 Å². The fourth-order valence-electron chi connectivity index (χ4n) is 4.03. The summed E-state index contributed by atoms with van der Waals surface area (Å²) in [6.07, 6.45) is -2.49. The van der Waals surface area contributed by atoms with Crippen LogP contribution >= 0.6 is 0 Å². The van der Waals surface area contributed by atoms with Gasteiger partial charge in [0, 0.05) is 11.1 Å². The standard InChI is InChI=1S/C30H28F6N2O4/c1-5-9-11-19(8-4)27(42)38-23-17-21(13-15-25(23)40)28(29(31,32)33,30(34,35)36)20-12-14-24(39)22(16-20)37-26(41)18(7-3)10-6-2/h5-17,39-40H,4H2,1-3H3,(H,37,41)(H,38,42)/b9-5-,10-6-,18-7+,19-11+. The lowest BCUT2D eigenvalue weighted by Crippen LogP contribution is -2.54. The molecule has 0 aliphatic carbocycles. The molecule has 0 saturated heterocycles. The van der Waals surface area contributed by atoms with Gasteiger partial charge in [0.1, 0.15) is 11.5 Å². The molecule has 6 nitrogen and oxygen atoms in total. The number of hydrogen-bond donors (Lipinski definition) is 4. The van der Waals surface area contributed by atoms with Crippen LogP contribution in [0.4, 0.5) is 37.7 Å². The molecule has 0 bridgehead atoms. The highest BCUT2D eigenvalue weighted by Crippen LogP contribution is 2.57. The average molecular weight is 595 g/mol. The van der Waals surface area contributed by atoms with Crippen LogP contribution in [0, 0.1) is 0 Å². The van der Waals surface area contributed by atoms with Crippen molar-refractivity contribution < 1.29 is 46.1 Å². The Balaban J connectivity index is 2.84. The molecule has 0 aliphatic rings. The SMILES string of the molecule is C=C/C(=C\C=C/C)C(=O)Nc1cc(C(c2ccc(O)c(NC(=O)C(/C=C\C)=C/C)c2)(C(F)(F)F)C(F)(F)F)ccc1O. The van der Waals surface area contributed by atoms with Crippen LogP contribution in [0.2, 0.25) is 0 Å². The van der Waals surface area contributed by atoms with Gasteiger partial charge in [0.25, 0.3) is 11.8 Å². The molecule has 0 spiro atoms. The van der Waals surface area contributed by atoms with Crippen LogP contribution in [0.3, 0.4) is 0 Å². The van der Waals surface area contributed by atoms with E-state index < -0.39 is 63.6 Å². The molecule has 0 radical (unpaired) electrons. The molecule has 0 unspecified atom stereocenters. The minimum atomic E-state index is -6.04. The fraction of sp³-hybridized carbons (Fsp3) is 0.200. The van der Waals surface area contributed by atoms with Gasteiger partial charge >= 0.3 is 12.4 Å². The number of anilines is 2. The largest absolute Gasteiger partial charge is 0.506 e. The average Bonchev–Trinajstić information content (AvgIpc) is 2.89. The van der Waals surface area contributed by atoms with E-state index in [9.17, 15) is 46.1 Å². The normalized spacial score (nSPS) is 13.5. The van der Waals surface area contributed by atoms with Gasteiger partial charge in [-0.2, -0.15) is 26.3 Å². The lowest BCUT2D eigenvalue weighted by atomic mass is 9.72. The summed E-state index contributed by atoms with van der Waals surface area (Å²) in [4.78, 5) is 25.2. The van der Waals surface area contributed by atoms with Gasteiger partial charge in [0.2, 0.25) is 5.41 Å². The van der Waals surface area contributed by atoms with Gasteiger partial charge in [0.05, 0.1) is 11.4 Å². The number of halogens is 6. The summed E-state index contributed by atoms with van der Waals surface area (Å²) in [5, 5.41) is 24.7. The summed E-state index contributed by atoms with van der Waals surface area (Å²) in [5.41, 5.74) is -9.04. The lowest BCUT2D eigenvalue weighted by Gasteiger charge is -2.38. The maximum atomic E-state index is 14.8. The van der Waals surface area contributed by atoms with Crippen molar-refractivity contribution >= 4 is 23.2 Å². The van der Waals surface area contributed by atoms with Gasteiger partial charge in [-0.3, -0.25) is 9.59 Å². The molecule has 0 heterocycles. The summed E-state index contributed by atoms with van der Waals surface area (Å²) < 4.78 is 88.6. The van der Waals surface area contributed by atoms with E-state index in [1.54, 1.807) is 19.9 Å². The quantitative estimate of drug-likeness (QED) is 0.104. The molecule has 2 rings (SSSR count). The van der Waals surface area contributed by atoms with Crippen LogP contribution in [0.15, 0.2) is 96.7 Å². The van der Waals surface area contributed by atoms with E-state index >= 15 is 0 Å². The first-order chi connectivity index (χ1) is 19.6. The van der Waals surface area contributed by atoms with Gasteiger partial charge in [-0.25, -0.2) is 0 Å². The Morgan fingerprint density at radius 3 is 1.57 bits per heavy atom. The summed E-state index contributed by atoms with van der Waals surface area (Å²) in [7, 11) is 0. The van der Waals surface area contributed by atoms with E-state index in [2.05, 4.69) is 17.2 Å². The monoisotopic (exact) mass is 594 g/mol. The van der Waals surface area contributed by atoms with Crippen molar-refractivity contribution in [2.24, 2.45) is 0 Å². The van der Waals surface area contributed by atoms with Crippen molar-refractivity contribution in [3.05, 3.63) is 108 Å². The van der Waals surface area contributed by atoms with Gasteiger partial charge in [0.15, 0.2) is 0 Å². The number of alkyl halides is 6. The zero-order chi connectivity index (χ0) is 31.9. The molecule has 0 saturated carbocycles. The second-order valence-corrected chi connectivity index (χ2v) is 8.71. The van der Waals surface area contributed by atoms with Crippen molar-refractivity contribution in [3.63, 3.8) is 0 Å². The number of benzene rings is 2. The van der Waals surface area contributed by atoms with Crippen molar-refractivity contribution in [1.29, 1.82) is 0 Å². The van der Waals surface area contributed by atoms with Crippen LogP contribution in [0.1, 0.15) is 31.9 Å². The van der Waals surface area contributed by atoms with E-state index in [-0.39, 0.29) is 11.1 Å². The Hall–Kier alpha value is -4.74. The van der Waals surface area contributed by atoms with Crippen molar-refractivity contribution in [2.45, 2.75) is 38.5 Å². The van der Waals surface area contributed by atoms with Crippen molar-refractivity contribution in [3.8, 4) is 11.5 Å². The number of rotatable bonds is 9. The first kappa shape index (κ1) is 33.5. The van der Waals surface area contributed by atoms with Crippen LogP contribution in [-0.2, 0) is 15.0 Å². The third-order valence-corrected chi connectivity index (χ3v) is 6.08. The zero-order valence-electron chi connectivity index (χ0n) is 22.7. The first-order valence-corrected chi connectivity index (χ1v) is 12.3. The number of carbonyl (C=O) groups excluding carboxylic acids is 2. The second-order valence-electron chi connectivity index (χ2n) is 8.71. The van der Waals surface area contributed by atoms with E-state index in [1.807, 2.05) is 0 Å². The summed E-state index contributed by atoms with van der Waals surface area (Å²) in [6.45, 7) is 8.15. The number of phenolic OH excluding ortho intramolecular Hbond substituents is 2. The van der Waals surface area contributed by atoms with Gasteiger partial charge in [-0.15, -0.1) is 0 Å². The van der Waals surface area contributed by atoms with Gasteiger partial charge in [-0.05, 0) is 62.2 Å². The predicted octanol–water partition coefficient (Wildman–Crippen LogP) is 7.60. The topological polar surface area (TPSA) is 98.7 Å². The Morgan fingerprint density at radius 1 is 0.762 bits per heavy atom. The molecular formula is C30H28F6N2O4. The predicted molar refractivity (Wildman–Crippen MR) is 148 cm³/mol. The first-order valence-electron chi connectivity index (χ1n) is 12.3. The Labute approximate surface area is 238 Å². The fourth-order valence-corrected chi connectivity index (χ4v) is 4.03. The number of amides is 2. The Morgan fingerprint density at radius 2 is 1.21 bits per heavy atom. The molecule has 224 valence electrons. The molecule has 42 heavy (non-hydrogen) atoms. The molecular weight excluding hydrogens is 566 g/mol. The van der Waals surface area contributed by atoms with E-state index in [0.717, 1.165) is 6.08 Å². The molecule has 0 aromatic heterocycles. The molecule has 12 heteroatoms. The maximum Gasteiger partial charge on any atom is 0.411 e. The molecule has 4 N–H and O–H groups in total. The summed E-state index contributed by atoms with van der Waals surface area (Å²) in [5.74, 6) is -3.45. The third kappa shape index (κ3) is 6.76. The third-order valence-electron chi connectivity index (χ3n) is 6.08. The summed E-state index contributed by atoms with van der Waals surface area (Å²) in [6, 6.07) is 2.75. The number of phenols is 2. The number of hydrogen-bond acceptors (Lipinski definition) is 4. The van der Waals surface area contributed by atoms with Crippen LogP contribution in [-0.4, -0.2) is 34.4 Å². The van der Waals surface area contributed by atoms with Gasteiger partial charge < -0.3 is 20.8 Å². The highest BCUT2D eigenvalue weighted by Gasteiger charge is 2.72. The highest BCUT2D eigenvalue weighted by molar-refractivity contribution is 6.07. The van der Waals surface area contributed by atoms with Crippen LogP contribution in [0.25, 0.3) is 0 Å². The number of nitrogens with one attached hydrogen (secondary N) is 2. The number of aromatic hydroxyl groups is 2. The van der Waals surface area contributed by atoms with Gasteiger partial charge in [-0.1, -0.05) is 55.2 Å². The second kappa shape index (κ2) is 13.3. The molecule has 2 amide bonds. The maximum absolute atomic E-state index is 14.8. The minimum Gasteiger partial charge on any atom is -0.506 e. The van der Waals surface area contributed by atoms with Crippen molar-refractivity contribution in [2.75, 3.05) is 10.6 Å². The molecule has 0 atom stereocenters. The lowest BCUT2D eigenvalue weighted by molar-refractivity contribution is -0.288. The number of allylic oxidation sites excluding steroid dienone is 5. The van der Waals surface area contributed by atoms with Crippen LogP contribution < -0.4 is 10.6 Å². The van der Waals surface area contributed by atoms with E-state index in [4.69, 9.17) is 0 Å². The Bertz CT molecular complexity index is 1450. The molecule has 0 fully saturated rings. The summed E-state index contributed by atoms with van der Waals surface area (Å²) >= 11 is 0. The highest BCUT2D eigenvalue weighted by atomic mass is 19.4. The molecule has 2 aromatic carbocycles. The minimum absolute atomic E-state index is 0.0292. The smallest absolute Gasteiger partial charge is 0.411 e. The Kier molecular flexibility index (Phi) is 10.6. The number of carbonyl (C=O) groups is 2. The van der Waals surface area contributed by atoms with Crippen molar-refractivity contribution in [1.82, 2.24) is 0 Å². The molecule has 2 aromatic rings. The van der Waals surface area contributed by atoms with E-state index in [0.29, 0.717) is 36.4 Å². The zero-order valence-corrected chi connectivity index (χ0v) is 22.7.